The SMILES string of the molecule is CC1(CCc2ccccc2)CCCCCN1. The zero-order chi connectivity index (χ0) is 11.3. The summed E-state index contributed by atoms with van der Waals surface area (Å²) in [5.41, 5.74) is 1.83. The quantitative estimate of drug-likeness (QED) is 0.816. The van der Waals surface area contributed by atoms with E-state index in [1.807, 2.05) is 0 Å². The van der Waals surface area contributed by atoms with E-state index in [0.29, 0.717) is 5.54 Å². The lowest BCUT2D eigenvalue weighted by atomic mass is 9.89. The fraction of sp³-hybridized carbons (Fsp3) is 0.600. The smallest absolute Gasteiger partial charge is 0.0156 e. The second kappa shape index (κ2) is 5.49. The van der Waals surface area contributed by atoms with Gasteiger partial charge in [-0.25, -0.2) is 0 Å². The topological polar surface area (TPSA) is 12.0 Å². The molecule has 1 aromatic rings. The lowest BCUT2D eigenvalue weighted by molar-refractivity contribution is 0.324. The Hall–Kier alpha value is -0.820. The summed E-state index contributed by atoms with van der Waals surface area (Å²) in [5, 5.41) is 3.73. The van der Waals surface area contributed by atoms with Crippen LogP contribution < -0.4 is 5.32 Å². The molecule has 1 saturated heterocycles. The molecule has 1 atom stereocenters. The highest BCUT2D eigenvalue weighted by Gasteiger charge is 2.24. The molecule has 0 amide bonds. The standard InChI is InChI=1S/C15H23N/c1-15(11-6-3-7-13-16-15)12-10-14-8-4-2-5-9-14/h2,4-5,8-9,16H,3,6-7,10-13H2,1H3. The van der Waals surface area contributed by atoms with E-state index in [4.69, 9.17) is 0 Å². The fourth-order valence-electron chi connectivity index (χ4n) is 2.57. The number of rotatable bonds is 3. The molecule has 0 aromatic heterocycles. The molecule has 0 spiro atoms. The Morgan fingerprint density at radius 1 is 1.12 bits per heavy atom. The van der Waals surface area contributed by atoms with Gasteiger partial charge in [0, 0.05) is 5.54 Å². The van der Waals surface area contributed by atoms with Crippen LogP contribution in [0.25, 0.3) is 0 Å². The van der Waals surface area contributed by atoms with Gasteiger partial charge in [0.1, 0.15) is 0 Å². The highest BCUT2D eigenvalue weighted by molar-refractivity contribution is 5.15. The normalized spacial score (nSPS) is 26.3. The first-order chi connectivity index (χ1) is 7.79. The van der Waals surface area contributed by atoms with Crippen LogP contribution in [0.5, 0.6) is 0 Å². The van der Waals surface area contributed by atoms with Crippen molar-refractivity contribution in [3.63, 3.8) is 0 Å². The number of hydrogen-bond acceptors (Lipinski definition) is 1. The first-order valence-corrected chi connectivity index (χ1v) is 6.57. The van der Waals surface area contributed by atoms with Gasteiger partial charge < -0.3 is 5.32 Å². The van der Waals surface area contributed by atoms with Gasteiger partial charge >= 0.3 is 0 Å². The van der Waals surface area contributed by atoms with Gasteiger partial charge in [0.2, 0.25) is 0 Å². The van der Waals surface area contributed by atoms with Crippen molar-refractivity contribution in [3.8, 4) is 0 Å². The molecule has 1 N–H and O–H groups in total. The van der Waals surface area contributed by atoms with Gasteiger partial charge in [-0.3, -0.25) is 0 Å². The molecule has 0 saturated carbocycles. The van der Waals surface area contributed by atoms with Crippen molar-refractivity contribution < 1.29 is 0 Å². The zero-order valence-corrected chi connectivity index (χ0v) is 10.3. The number of nitrogens with one attached hydrogen (secondary N) is 1. The molecule has 1 aliphatic rings. The summed E-state index contributed by atoms with van der Waals surface area (Å²) in [6, 6.07) is 10.8. The van der Waals surface area contributed by atoms with Crippen LogP contribution in [0.3, 0.4) is 0 Å². The highest BCUT2D eigenvalue weighted by atomic mass is 15.0. The van der Waals surface area contributed by atoms with E-state index in [2.05, 4.69) is 42.6 Å². The minimum absolute atomic E-state index is 0.367. The van der Waals surface area contributed by atoms with Crippen molar-refractivity contribution in [3.05, 3.63) is 35.9 Å². The first-order valence-electron chi connectivity index (χ1n) is 6.57. The number of benzene rings is 1. The summed E-state index contributed by atoms with van der Waals surface area (Å²) in [6.07, 6.45) is 7.92. The maximum Gasteiger partial charge on any atom is 0.0156 e. The summed E-state index contributed by atoms with van der Waals surface area (Å²) in [5.74, 6) is 0. The van der Waals surface area contributed by atoms with Crippen LogP contribution in [0.4, 0.5) is 0 Å². The minimum atomic E-state index is 0.367. The van der Waals surface area contributed by atoms with Gasteiger partial charge in [-0.2, -0.15) is 0 Å². The third-order valence-corrected chi connectivity index (χ3v) is 3.77. The van der Waals surface area contributed by atoms with Gasteiger partial charge in [-0.05, 0) is 44.7 Å². The van der Waals surface area contributed by atoms with Crippen molar-refractivity contribution in [1.29, 1.82) is 0 Å². The Labute approximate surface area is 99.3 Å². The van der Waals surface area contributed by atoms with Gasteiger partial charge in [0.05, 0.1) is 0 Å². The second-order valence-electron chi connectivity index (χ2n) is 5.28. The summed E-state index contributed by atoms with van der Waals surface area (Å²) in [7, 11) is 0. The van der Waals surface area contributed by atoms with Gasteiger partial charge in [-0.1, -0.05) is 43.2 Å². The lowest BCUT2D eigenvalue weighted by Gasteiger charge is -2.29. The van der Waals surface area contributed by atoms with Crippen molar-refractivity contribution in [1.82, 2.24) is 5.32 Å². The third kappa shape index (κ3) is 3.34. The van der Waals surface area contributed by atoms with Gasteiger partial charge in [0.25, 0.3) is 0 Å². The average Bonchev–Trinajstić information content (AvgIpc) is 2.54. The summed E-state index contributed by atoms with van der Waals surface area (Å²) in [4.78, 5) is 0. The highest BCUT2D eigenvalue weighted by Crippen LogP contribution is 2.23. The molecule has 1 aromatic carbocycles. The van der Waals surface area contributed by atoms with Crippen LogP contribution in [0, 0.1) is 0 Å². The van der Waals surface area contributed by atoms with Gasteiger partial charge in [0.15, 0.2) is 0 Å². The molecule has 2 rings (SSSR count). The molecule has 1 heteroatoms. The van der Waals surface area contributed by atoms with Crippen molar-refractivity contribution in [2.45, 2.75) is 51.0 Å². The van der Waals surface area contributed by atoms with Crippen LogP contribution >= 0.6 is 0 Å². The number of aryl methyl sites for hydroxylation is 1. The monoisotopic (exact) mass is 217 g/mol. The largest absolute Gasteiger partial charge is 0.312 e. The predicted octanol–water partition coefficient (Wildman–Crippen LogP) is 3.54. The van der Waals surface area contributed by atoms with Crippen LogP contribution in [-0.4, -0.2) is 12.1 Å². The molecule has 0 aliphatic carbocycles. The van der Waals surface area contributed by atoms with Gasteiger partial charge in [-0.15, -0.1) is 0 Å². The van der Waals surface area contributed by atoms with E-state index in [1.54, 1.807) is 0 Å². The van der Waals surface area contributed by atoms with E-state index in [0.717, 1.165) is 0 Å². The molecule has 1 unspecified atom stereocenters. The Kier molecular flexibility index (Phi) is 4.00. The van der Waals surface area contributed by atoms with E-state index < -0.39 is 0 Å². The molecule has 1 heterocycles. The molecule has 88 valence electrons. The fourth-order valence-corrected chi connectivity index (χ4v) is 2.57. The first kappa shape index (κ1) is 11.7. The van der Waals surface area contributed by atoms with E-state index >= 15 is 0 Å². The molecule has 0 radical (unpaired) electrons. The Bertz CT molecular complexity index is 296. The molecule has 1 aliphatic heterocycles. The summed E-state index contributed by atoms with van der Waals surface area (Å²) in [6.45, 7) is 3.59. The Morgan fingerprint density at radius 2 is 1.94 bits per heavy atom. The molecule has 1 fully saturated rings. The van der Waals surface area contributed by atoms with Crippen LogP contribution in [0.1, 0.15) is 44.6 Å². The summed E-state index contributed by atoms with van der Waals surface area (Å²) >= 11 is 0. The molecular formula is C15H23N. The van der Waals surface area contributed by atoms with Crippen LogP contribution in [0.15, 0.2) is 30.3 Å². The third-order valence-electron chi connectivity index (χ3n) is 3.77. The summed E-state index contributed by atoms with van der Waals surface area (Å²) < 4.78 is 0. The zero-order valence-electron chi connectivity index (χ0n) is 10.3. The Morgan fingerprint density at radius 3 is 2.75 bits per heavy atom. The number of hydrogen-bond donors (Lipinski definition) is 1. The molecular weight excluding hydrogens is 194 g/mol. The van der Waals surface area contributed by atoms with Crippen molar-refractivity contribution in [2.24, 2.45) is 0 Å². The Balaban J connectivity index is 1.88. The van der Waals surface area contributed by atoms with E-state index in [9.17, 15) is 0 Å². The van der Waals surface area contributed by atoms with Crippen molar-refractivity contribution >= 4 is 0 Å². The second-order valence-corrected chi connectivity index (χ2v) is 5.28. The molecule has 1 nitrogen and oxygen atoms in total. The van der Waals surface area contributed by atoms with Crippen LogP contribution in [0.2, 0.25) is 0 Å². The molecule has 16 heavy (non-hydrogen) atoms. The lowest BCUT2D eigenvalue weighted by Crippen LogP contribution is -2.41. The maximum absolute atomic E-state index is 3.73. The maximum atomic E-state index is 3.73. The van der Waals surface area contributed by atoms with Crippen LogP contribution in [-0.2, 0) is 6.42 Å². The van der Waals surface area contributed by atoms with Crippen molar-refractivity contribution in [2.75, 3.05) is 6.54 Å². The average molecular weight is 217 g/mol. The van der Waals surface area contributed by atoms with E-state index in [-0.39, 0.29) is 0 Å². The molecule has 0 bridgehead atoms. The van der Waals surface area contributed by atoms with E-state index in [1.165, 1.54) is 50.6 Å². The predicted molar refractivity (Wildman–Crippen MR) is 69.6 cm³/mol. The minimum Gasteiger partial charge on any atom is -0.312 e.